The van der Waals surface area contributed by atoms with Crippen LogP contribution in [-0.2, 0) is 19.6 Å². The molecular formula is C16H26N4O4S. The molecule has 0 aromatic heterocycles. The lowest BCUT2D eigenvalue weighted by Crippen LogP contribution is -2.33. The fraction of sp³-hybridized carbons (Fsp3) is 0.500. The standard InChI is InChI=1S/C16H26N4O4S/c1-12(2)6-7-15(21)18-11-16(22)20-13-4-3-5-14(10-13)25(23,24)19-9-8-17/h3-5,10,12,19H,6-9,11,17H2,1-2H3,(H,18,21)(H,20,22). The molecule has 9 heteroatoms. The lowest BCUT2D eigenvalue weighted by atomic mass is 10.1. The van der Waals surface area contributed by atoms with Gasteiger partial charge in [0.15, 0.2) is 0 Å². The van der Waals surface area contributed by atoms with E-state index in [1.807, 2.05) is 13.8 Å². The Balaban J connectivity index is 2.58. The maximum Gasteiger partial charge on any atom is 0.243 e. The van der Waals surface area contributed by atoms with Crippen molar-refractivity contribution in [3.63, 3.8) is 0 Å². The summed E-state index contributed by atoms with van der Waals surface area (Å²) in [5.41, 5.74) is 5.62. The summed E-state index contributed by atoms with van der Waals surface area (Å²) in [6.07, 6.45) is 1.12. The number of hydrogen-bond donors (Lipinski definition) is 4. The van der Waals surface area contributed by atoms with Gasteiger partial charge in [0.05, 0.1) is 11.4 Å². The lowest BCUT2D eigenvalue weighted by molar-refractivity contribution is -0.124. The minimum absolute atomic E-state index is 0.0275. The summed E-state index contributed by atoms with van der Waals surface area (Å²) in [5, 5.41) is 5.10. The summed E-state index contributed by atoms with van der Waals surface area (Å²) in [4.78, 5) is 23.5. The number of nitrogens with one attached hydrogen (secondary N) is 3. The maximum atomic E-state index is 12.0. The van der Waals surface area contributed by atoms with E-state index in [9.17, 15) is 18.0 Å². The van der Waals surface area contributed by atoms with Crippen molar-refractivity contribution < 1.29 is 18.0 Å². The summed E-state index contributed by atoms with van der Waals surface area (Å²) in [6.45, 7) is 4.18. The van der Waals surface area contributed by atoms with Gasteiger partial charge in [-0.2, -0.15) is 0 Å². The van der Waals surface area contributed by atoms with Crippen LogP contribution in [0.1, 0.15) is 26.7 Å². The van der Waals surface area contributed by atoms with Gasteiger partial charge in [0.2, 0.25) is 21.8 Å². The van der Waals surface area contributed by atoms with Gasteiger partial charge in [0.25, 0.3) is 0 Å². The monoisotopic (exact) mass is 370 g/mol. The Morgan fingerprint density at radius 2 is 1.92 bits per heavy atom. The highest BCUT2D eigenvalue weighted by Crippen LogP contribution is 2.15. The van der Waals surface area contributed by atoms with Crippen molar-refractivity contribution in [2.24, 2.45) is 11.7 Å². The lowest BCUT2D eigenvalue weighted by Gasteiger charge is -2.10. The third-order valence-electron chi connectivity index (χ3n) is 3.26. The number of hydrogen-bond acceptors (Lipinski definition) is 5. The highest BCUT2D eigenvalue weighted by molar-refractivity contribution is 7.89. The van der Waals surface area contributed by atoms with Crippen LogP contribution < -0.4 is 21.1 Å². The summed E-state index contributed by atoms with van der Waals surface area (Å²) in [6, 6.07) is 5.85. The Morgan fingerprint density at radius 1 is 1.20 bits per heavy atom. The van der Waals surface area contributed by atoms with E-state index >= 15 is 0 Å². The molecule has 0 spiro atoms. The highest BCUT2D eigenvalue weighted by Gasteiger charge is 2.14. The third-order valence-corrected chi connectivity index (χ3v) is 4.72. The summed E-state index contributed by atoms with van der Waals surface area (Å²) < 4.78 is 26.4. The smallest absolute Gasteiger partial charge is 0.243 e. The molecule has 0 saturated heterocycles. The first-order valence-corrected chi connectivity index (χ1v) is 9.59. The molecule has 0 heterocycles. The summed E-state index contributed by atoms with van der Waals surface area (Å²) >= 11 is 0. The zero-order valence-corrected chi connectivity index (χ0v) is 15.4. The van der Waals surface area contributed by atoms with Crippen LogP contribution in [0.2, 0.25) is 0 Å². The SMILES string of the molecule is CC(C)CCC(=O)NCC(=O)Nc1cccc(S(=O)(=O)NCCN)c1. The predicted molar refractivity (Wildman–Crippen MR) is 96.4 cm³/mol. The molecule has 0 aliphatic heterocycles. The van der Waals surface area contributed by atoms with Crippen LogP contribution in [0.3, 0.4) is 0 Å². The van der Waals surface area contributed by atoms with Crippen molar-refractivity contribution in [1.82, 2.24) is 10.0 Å². The van der Waals surface area contributed by atoms with Crippen molar-refractivity contribution >= 4 is 27.5 Å². The van der Waals surface area contributed by atoms with E-state index in [0.29, 0.717) is 18.0 Å². The number of carbonyl (C=O) groups is 2. The molecule has 5 N–H and O–H groups in total. The molecule has 8 nitrogen and oxygen atoms in total. The van der Waals surface area contributed by atoms with Crippen molar-refractivity contribution in [2.45, 2.75) is 31.6 Å². The largest absolute Gasteiger partial charge is 0.347 e. The molecule has 1 aromatic carbocycles. The van der Waals surface area contributed by atoms with Gasteiger partial charge in [0, 0.05) is 25.2 Å². The van der Waals surface area contributed by atoms with Crippen molar-refractivity contribution in [3.8, 4) is 0 Å². The van der Waals surface area contributed by atoms with E-state index in [4.69, 9.17) is 5.73 Å². The second-order valence-electron chi connectivity index (χ2n) is 5.97. The Hall–Kier alpha value is -1.97. The highest BCUT2D eigenvalue weighted by atomic mass is 32.2. The molecule has 0 unspecified atom stereocenters. The molecule has 0 saturated carbocycles. The Kier molecular flexibility index (Phi) is 8.53. The van der Waals surface area contributed by atoms with E-state index in [1.165, 1.54) is 18.2 Å². The van der Waals surface area contributed by atoms with E-state index in [-0.39, 0.29) is 30.4 Å². The first-order chi connectivity index (χ1) is 11.7. The minimum Gasteiger partial charge on any atom is -0.347 e. The molecule has 2 amide bonds. The minimum atomic E-state index is -3.67. The quantitative estimate of drug-likeness (QED) is 0.474. The molecule has 0 bridgehead atoms. The number of sulfonamides is 1. The van der Waals surface area contributed by atoms with Crippen molar-refractivity contribution in [2.75, 3.05) is 25.0 Å². The molecule has 25 heavy (non-hydrogen) atoms. The molecule has 1 aromatic rings. The number of carbonyl (C=O) groups excluding carboxylic acids is 2. The van der Waals surface area contributed by atoms with Gasteiger partial charge in [-0.05, 0) is 30.5 Å². The van der Waals surface area contributed by atoms with Gasteiger partial charge in [-0.15, -0.1) is 0 Å². The number of anilines is 1. The zero-order chi connectivity index (χ0) is 18.9. The van der Waals surface area contributed by atoms with Crippen molar-refractivity contribution in [1.29, 1.82) is 0 Å². The van der Waals surface area contributed by atoms with E-state index < -0.39 is 15.9 Å². The average molecular weight is 370 g/mol. The topological polar surface area (TPSA) is 130 Å². The van der Waals surface area contributed by atoms with E-state index in [0.717, 1.165) is 6.42 Å². The van der Waals surface area contributed by atoms with Crippen LogP contribution in [0.15, 0.2) is 29.2 Å². The van der Waals surface area contributed by atoms with Crippen LogP contribution in [0, 0.1) is 5.92 Å². The maximum absolute atomic E-state index is 12.0. The fourth-order valence-electron chi connectivity index (χ4n) is 1.91. The molecular weight excluding hydrogens is 344 g/mol. The molecule has 0 aliphatic rings. The summed E-state index contributed by atoms with van der Waals surface area (Å²) in [5.74, 6) is -0.203. The third kappa shape index (κ3) is 8.10. The predicted octanol–water partition coefficient (Wildman–Crippen LogP) is 0.415. The normalized spacial score (nSPS) is 11.4. The van der Waals surface area contributed by atoms with Crippen molar-refractivity contribution in [3.05, 3.63) is 24.3 Å². The van der Waals surface area contributed by atoms with Gasteiger partial charge in [-0.1, -0.05) is 19.9 Å². The van der Waals surface area contributed by atoms with Crippen LogP contribution >= 0.6 is 0 Å². The molecule has 0 radical (unpaired) electrons. The molecule has 0 aliphatic carbocycles. The number of amides is 2. The average Bonchev–Trinajstić information content (AvgIpc) is 2.56. The Bertz CT molecular complexity index is 689. The fourth-order valence-corrected chi connectivity index (χ4v) is 3.00. The molecule has 0 fully saturated rings. The van der Waals surface area contributed by atoms with E-state index in [2.05, 4.69) is 15.4 Å². The van der Waals surface area contributed by atoms with Gasteiger partial charge in [0.1, 0.15) is 0 Å². The zero-order valence-electron chi connectivity index (χ0n) is 14.5. The van der Waals surface area contributed by atoms with Gasteiger partial charge in [-0.3, -0.25) is 9.59 Å². The second kappa shape index (κ2) is 10.1. The first kappa shape index (κ1) is 21.1. The number of rotatable bonds is 10. The van der Waals surface area contributed by atoms with Crippen LogP contribution in [0.25, 0.3) is 0 Å². The van der Waals surface area contributed by atoms with E-state index in [1.54, 1.807) is 6.07 Å². The Labute approximate surface area is 148 Å². The molecule has 140 valence electrons. The van der Waals surface area contributed by atoms with Gasteiger partial charge < -0.3 is 16.4 Å². The molecule has 1 rings (SSSR count). The van der Waals surface area contributed by atoms with Crippen LogP contribution in [-0.4, -0.2) is 39.9 Å². The Morgan fingerprint density at radius 3 is 2.56 bits per heavy atom. The van der Waals surface area contributed by atoms with Crippen LogP contribution in [0.4, 0.5) is 5.69 Å². The second-order valence-corrected chi connectivity index (χ2v) is 7.74. The molecule has 0 atom stereocenters. The first-order valence-electron chi connectivity index (χ1n) is 8.11. The van der Waals surface area contributed by atoms with Gasteiger partial charge in [-0.25, -0.2) is 13.1 Å². The number of benzene rings is 1. The van der Waals surface area contributed by atoms with Crippen LogP contribution in [0.5, 0.6) is 0 Å². The number of nitrogens with two attached hydrogens (primary N) is 1. The summed E-state index contributed by atoms with van der Waals surface area (Å²) in [7, 11) is -3.67. The van der Waals surface area contributed by atoms with Gasteiger partial charge >= 0.3 is 0 Å².